The summed E-state index contributed by atoms with van der Waals surface area (Å²) in [7, 11) is 0. The first-order valence-electron chi connectivity index (χ1n) is 6.36. The summed E-state index contributed by atoms with van der Waals surface area (Å²) in [6, 6.07) is 8.36. The Morgan fingerprint density at radius 3 is 2.76 bits per heavy atom. The van der Waals surface area contributed by atoms with Gasteiger partial charge in [-0.05, 0) is 43.9 Å². The number of benzene rings is 1. The van der Waals surface area contributed by atoms with Crippen molar-refractivity contribution >= 4 is 11.6 Å². The lowest BCUT2D eigenvalue weighted by atomic mass is 10.1. The van der Waals surface area contributed by atoms with Crippen molar-refractivity contribution in [3.05, 3.63) is 34.9 Å². The van der Waals surface area contributed by atoms with Crippen LogP contribution in [0, 0.1) is 0 Å². The van der Waals surface area contributed by atoms with Crippen LogP contribution in [0.3, 0.4) is 0 Å². The van der Waals surface area contributed by atoms with E-state index in [9.17, 15) is 0 Å². The average Bonchev–Trinajstić information content (AvgIpc) is 2.38. The highest BCUT2D eigenvalue weighted by Crippen LogP contribution is 2.17. The van der Waals surface area contributed by atoms with Gasteiger partial charge in [-0.15, -0.1) is 0 Å². The monoisotopic (exact) mass is 253 g/mol. The SMILES string of the molecule is CC(NCC1CCCCO1)c1ccc(Cl)cc1. The molecule has 17 heavy (non-hydrogen) atoms. The first-order chi connectivity index (χ1) is 8.25. The minimum Gasteiger partial charge on any atom is -0.377 e. The quantitative estimate of drug-likeness (QED) is 0.886. The third-order valence-electron chi connectivity index (χ3n) is 3.30. The lowest BCUT2D eigenvalue weighted by molar-refractivity contribution is 0.0156. The minimum absolute atomic E-state index is 0.345. The molecule has 94 valence electrons. The second-order valence-corrected chi connectivity index (χ2v) is 5.11. The van der Waals surface area contributed by atoms with Gasteiger partial charge in [-0.3, -0.25) is 0 Å². The Morgan fingerprint density at radius 1 is 1.35 bits per heavy atom. The lowest BCUT2D eigenvalue weighted by Crippen LogP contribution is -2.33. The molecule has 1 aliphatic heterocycles. The van der Waals surface area contributed by atoms with Gasteiger partial charge in [0.25, 0.3) is 0 Å². The summed E-state index contributed by atoms with van der Waals surface area (Å²) in [5, 5.41) is 4.31. The van der Waals surface area contributed by atoms with E-state index in [0.29, 0.717) is 12.1 Å². The molecule has 0 amide bonds. The fourth-order valence-corrected chi connectivity index (χ4v) is 2.27. The molecule has 3 heteroatoms. The topological polar surface area (TPSA) is 21.3 Å². The van der Waals surface area contributed by atoms with E-state index in [0.717, 1.165) is 18.2 Å². The molecule has 2 nitrogen and oxygen atoms in total. The fourth-order valence-electron chi connectivity index (χ4n) is 2.15. The Labute approximate surface area is 108 Å². The van der Waals surface area contributed by atoms with Crippen LogP contribution in [0.5, 0.6) is 0 Å². The Morgan fingerprint density at radius 2 is 2.12 bits per heavy atom. The molecular weight excluding hydrogens is 234 g/mol. The molecule has 1 heterocycles. The predicted molar refractivity (Wildman–Crippen MR) is 71.5 cm³/mol. The summed E-state index contributed by atoms with van der Waals surface area (Å²) in [4.78, 5) is 0. The van der Waals surface area contributed by atoms with E-state index in [1.807, 2.05) is 12.1 Å². The van der Waals surface area contributed by atoms with Gasteiger partial charge < -0.3 is 10.1 Å². The van der Waals surface area contributed by atoms with Gasteiger partial charge in [0.2, 0.25) is 0 Å². The zero-order valence-electron chi connectivity index (χ0n) is 10.3. The molecule has 1 aliphatic rings. The van der Waals surface area contributed by atoms with E-state index >= 15 is 0 Å². The van der Waals surface area contributed by atoms with Crippen molar-refractivity contribution in [2.75, 3.05) is 13.2 Å². The third-order valence-corrected chi connectivity index (χ3v) is 3.55. The first kappa shape index (κ1) is 12.9. The second-order valence-electron chi connectivity index (χ2n) is 4.67. The maximum Gasteiger partial charge on any atom is 0.0699 e. The molecule has 1 aromatic carbocycles. The highest BCUT2D eigenvalue weighted by Gasteiger charge is 2.14. The normalized spacial score (nSPS) is 22.4. The number of hydrogen-bond donors (Lipinski definition) is 1. The molecule has 2 atom stereocenters. The second kappa shape index (κ2) is 6.39. The van der Waals surface area contributed by atoms with Crippen LogP contribution in [-0.2, 0) is 4.74 Å². The average molecular weight is 254 g/mol. The molecule has 1 N–H and O–H groups in total. The molecule has 0 spiro atoms. The molecule has 0 saturated carbocycles. The third kappa shape index (κ3) is 3.98. The maximum absolute atomic E-state index is 5.87. The number of nitrogens with one attached hydrogen (secondary N) is 1. The van der Waals surface area contributed by atoms with E-state index in [4.69, 9.17) is 16.3 Å². The molecule has 1 saturated heterocycles. The highest BCUT2D eigenvalue weighted by molar-refractivity contribution is 6.30. The van der Waals surface area contributed by atoms with E-state index in [1.54, 1.807) is 0 Å². The molecule has 1 aromatic rings. The highest BCUT2D eigenvalue weighted by atomic mass is 35.5. The Hall–Kier alpha value is -0.570. The summed E-state index contributed by atoms with van der Waals surface area (Å²) in [5.74, 6) is 0. The van der Waals surface area contributed by atoms with E-state index in [2.05, 4.69) is 24.4 Å². The van der Waals surface area contributed by atoms with Gasteiger partial charge in [0.15, 0.2) is 0 Å². The van der Waals surface area contributed by atoms with Gasteiger partial charge in [0.05, 0.1) is 6.10 Å². The zero-order chi connectivity index (χ0) is 12.1. The Balaban J connectivity index is 1.80. The van der Waals surface area contributed by atoms with Crippen LogP contribution in [0.4, 0.5) is 0 Å². The summed E-state index contributed by atoms with van der Waals surface area (Å²) >= 11 is 5.87. The standard InChI is InChI=1S/C14H20ClNO/c1-11(12-5-7-13(15)8-6-12)16-10-14-4-2-3-9-17-14/h5-8,11,14,16H,2-4,9-10H2,1H3. The molecule has 0 aromatic heterocycles. The van der Waals surface area contributed by atoms with Crippen LogP contribution in [0.2, 0.25) is 5.02 Å². The Bertz CT molecular complexity index is 333. The first-order valence-corrected chi connectivity index (χ1v) is 6.74. The number of halogens is 1. The van der Waals surface area contributed by atoms with Gasteiger partial charge in [-0.2, -0.15) is 0 Å². The van der Waals surface area contributed by atoms with Crippen LogP contribution in [0.15, 0.2) is 24.3 Å². The van der Waals surface area contributed by atoms with Crippen LogP contribution in [-0.4, -0.2) is 19.3 Å². The van der Waals surface area contributed by atoms with Crippen molar-refractivity contribution in [2.24, 2.45) is 0 Å². The fraction of sp³-hybridized carbons (Fsp3) is 0.571. The molecule has 2 rings (SSSR count). The largest absolute Gasteiger partial charge is 0.377 e. The van der Waals surface area contributed by atoms with Gasteiger partial charge in [-0.25, -0.2) is 0 Å². The van der Waals surface area contributed by atoms with Crippen molar-refractivity contribution < 1.29 is 4.74 Å². The molecule has 0 bridgehead atoms. The van der Waals surface area contributed by atoms with Gasteiger partial charge >= 0.3 is 0 Å². The zero-order valence-corrected chi connectivity index (χ0v) is 11.0. The van der Waals surface area contributed by atoms with E-state index in [-0.39, 0.29) is 0 Å². The minimum atomic E-state index is 0.345. The summed E-state index contributed by atoms with van der Waals surface area (Å²) in [6.07, 6.45) is 4.07. The van der Waals surface area contributed by atoms with Gasteiger partial charge in [-0.1, -0.05) is 23.7 Å². The number of hydrogen-bond acceptors (Lipinski definition) is 2. The lowest BCUT2D eigenvalue weighted by Gasteiger charge is -2.24. The predicted octanol–water partition coefficient (Wildman–Crippen LogP) is 3.56. The summed E-state index contributed by atoms with van der Waals surface area (Å²) in [5.41, 5.74) is 1.27. The molecule has 1 fully saturated rings. The van der Waals surface area contributed by atoms with Crippen molar-refractivity contribution in [3.8, 4) is 0 Å². The van der Waals surface area contributed by atoms with Crippen molar-refractivity contribution in [1.82, 2.24) is 5.32 Å². The van der Waals surface area contributed by atoms with Crippen LogP contribution in [0.1, 0.15) is 37.8 Å². The van der Waals surface area contributed by atoms with Crippen LogP contribution >= 0.6 is 11.6 Å². The van der Waals surface area contributed by atoms with Crippen molar-refractivity contribution in [2.45, 2.75) is 38.3 Å². The van der Waals surface area contributed by atoms with E-state index in [1.165, 1.54) is 24.8 Å². The summed E-state index contributed by atoms with van der Waals surface area (Å²) < 4.78 is 5.70. The smallest absolute Gasteiger partial charge is 0.0699 e. The summed E-state index contributed by atoms with van der Waals surface area (Å²) in [6.45, 7) is 4.03. The number of ether oxygens (including phenoxy) is 1. The van der Waals surface area contributed by atoms with Gasteiger partial charge in [0, 0.05) is 24.2 Å². The molecule has 0 aliphatic carbocycles. The van der Waals surface area contributed by atoms with Crippen molar-refractivity contribution in [1.29, 1.82) is 0 Å². The van der Waals surface area contributed by atoms with Gasteiger partial charge in [0.1, 0.15) is 0 Å². The van der Waals surface area contributed by atoms with Crippen molar-refractivity contribution in [3.63, 3.8) is 0 Å². The maximum atomic E-state index is 5.87. The number of rotatable bonds is 4. The Kier molecular flexibility index (Phi) is 4.84. The van der Waals surface area contributed by atoms with E-state index < -0.39 is 0 Å². The molecular formula is C14H20ClNO. The molecule has 0 radical (unpaired) electrons. The van der Waals surface area contributed by atoms with Crippen LogP contribution < -0.4 is 5.32 Å². The van der Waals surface area contributed by atoms with Crippen LogP contribution in [0.25, 0.3) is 0 Å². The molecule has 2 unspecified atom stereocenters.